The summed E-state index contributed by atoms with van der Waals surface area (Å²) >= 11 is 0. The van der Waals surface area contributed by atoms with E-state index in [4.69, 9.17) is 0 Å². The van der Waals surface area contributed by atoms with Crippen LogP contribution in [-0.4, -0.2) is 39.4 Å². The molecule has 20 heavy (non-hydrogen) atoms. The number of nitrogens with one attached hydrogen (secondary N) is 1. The number of sulfonamides is 1. The highest BCUT2D eigenvalue weighted by Gasteiger charge is 2.30. The van der Waals surface area contributed by atoms with Crippen molar-refractivity contribution in [3.8, 4) is 0 Å². The molecule has 1 saturated heterocycles. The maximum atomic E-state index is 12.8. The van der Waals surface area contributed by atoms with Gasteiger partial charge in [0, 0.05) is 13.1 Å². The average molecular weight is 296 g/mol. The maximum absolute atomic E-state index is 12.8. The van der Waals surface area contributed by atoms with Gasteiger partial charge in [0.15, 0.2) is 0 Å². The Morgan fingerprint density at radius 1 is 1.35 bits per heavy atom. The van der Waals surface area contributed by atoms with Crippen LogP contribution in [0.25, 0.3) is 0 Å². The first-order valence-corrected chi connectivity index (χ1v) is 8.61. The van der Waals surface area contributed by atoms with Gasteiger partial charge in [-0.1, -0.05) is 17.7 Å². The van der Waals surface area contributed by atoms with Gasteiger partial charge in [-0.25, -0.2) is 8.42 Å². The molecule has 0 radical (unpaired) electrons. The summed E-state index contributed by atoms with van der Waals surface area (Å²) in [6, 6.07) is 5.54. The molecule has 0 amide bonds. The third-order valence-electron chi connectivity index (χ3n) is 3.92. The molecule has 1 aromatic carbocycles. The molecule has 4 nitrogen and oxygen atoms in total. The van der Waals surface area contributed by atoms with Crippen LogP contribution in [0.4, 0.5) is 0 Å². The molecule has 2 rings (SSSR count). The van der Waals surface area contributed by atoms with Crippen LogP contribution in [0, 0.1) is 19.8 Å². The van der Waals surface area contributed by atoms with Gasteiger partial charge in [0.25, 0.3) is 0 Å². The minimum Gasteiger partial charge on any atom is -0.319 e. The van der Waals surface area contributed by atoms with Gasteiger partial charge in [-0.2, -0.15) is 4.31 Å². The lowest BCUT2D eigenvalue weighted by molar-refractivity contribution is 0.263. The smallest absolute Gasteiger partial charge is 0.243 e. The molecule has 1 N–H and O–H groups in total. The summed E-state index contributed by atoms with van der Waals surface area (Å²) in [7, 11) is -1.44. The first kappa shape index (κ1) is 15.5. The molecule has 0 aromatic heterocycles. The maximum Gasteiger partial charge on any atom is 0.243 e. The molecule has 1 aromatic rings. The first-order chi connectivity index (χ1) is 9.45. The average Bonchev–Trinajstić information content (AvgIpc) is 2.39. The molecule has 0 saturated carbocycles. The number of benzene rings is 1. The quantitative estimate of drug-likeness (QED) is 0.923. The van der Waals surface area contributed by atoms with Gasteiger partial charge in [-0.3, -0.25) is 0 Å². The van der Waals surface area contributed by atoms with Gasteiger partial charge in [-0.05, 0) is 57.8 Å². The van der Waals surface area contributed by atoms with Crippen molar-refractivity contribution in [1.82, 2.24) is 9.62 Å². The van der Waals surface area contributed by atoms with E-state index in [9.17, 15) is 8.42 Å². The van der Waals surface area contributed by atoms with Crippen LogP contribution < -0.4 is 5.32 Å². The summed E-state index contributed by atoms with van der Waals surface area (Å²) in [5, 5.41) is 3.15. The Morgan fingerprint density at radius 2 is 2.10 bits per heavy atom. The fourth-order valence-corrected chi connectivity index (χ4v) is 4.69. The fraction of sp³-hybridized carbons (Fsp3) is 0.600. The molecule has 0 spiro atoms. The molecule has 1 aliphatic rings. The molecule has 5 heteroatoms. The van der Waals surface area contributed by atoms with Crippen molar-refractivity contribution in [3.05, 3.63) is 29.3 Å². The second kappa shape index (κ2) is 6.24. The van der Waals surface area contributed by atoms with Gasteiger partial charge < -0.3 is 5.32 Å². The topological polar surface area (TPSA) is 49.4 Å². The van der Waals surface area contributed by atoms with Crippen LogP contribution in [0.1, 0.15) is 24.0 Å². The van der Waals surface area contributed by atoms with E-state index in [1.54, 1.807) is 10.4 Å². The van der Waals surface area contributed by atoms with Crippen molar-refractivity contribution in [3.63, 3.8) is 0 Å². The number of hydrogen-bond acceptors (Lipinski definition) is 3. The van der Waals surface area contributed by atoms with Gasteiger partial charge in [0.1, 0.15) is 0 Å². The molecule has 1 fully saturated rings. The monoisotopic (exact) mass is 296 g/mol. The van der Waals surface area contributed by atoms with Crippen LogP contribution in [-0.2, 0) is 10.0 Å². The Labute approximate surface area is 122 Å². The SMILES string of the molecule is CNC[C@@H]1CCCN(S(=O)(=O)c2ccc(C)cc2C)C1. The van der Waals surface area contributed by atoms with Crippen molar-refractivity contribution in [2.24, 2.45) is 5.92 Å². The van der Waals surface area contributed by atoms with E-state index in [1.165, 1.54) is 0 Å². The Kier molecular flexibility index (Phi) is 4.83. The molecule has 112 valence electrons. The minimum absolute atomic E-state index is 0.411. The number of aryl methyl sites for hydroxylation is 2. The molecular formula is C15H24N2O2S. The molecule has 1 heterocycles. The number of rotatable bonds is 4. The van der Waals surface area contributed by atoms with E-state index in [2.05, 4.69) is 5.32 Å². The Balaban J connectivity index is 2.25. The summed E-state index contributed by atoms with van der Waals surface area (Å²) < 4.78 is 27.2. The van der Waals surface area contributed by atoms with Crippen molar-refractivity contribution in [1.29, 1.82) is 0 Å². The Hall–Kier alpha value is -0.910. The standard InChI is InChI=1S/C15H24N2O2S/c1-12-6-7-15(13(2)9-12)20(18,19)17-8-4-5-14(11-17)10-16-3/h6-7,9,14,16H,4-5,8,10-11H2,1-3H3/t14-/m0/s1. The van der Waals surface area contributed by atoms with Crippen molar-refractivity contribution in [2.45, 2.75) is 31.6 Å². The van der Waals surface area contributed by atoms with E-state index < -0.39 is 10.0 Å². The van der Waals surface area contributed by atoms with Gasteiger partial charge in [0.2, 0.25) is 10.0 Å². The lowest BCUT2D eigenvalue weighted by Crippen LogP contribution is -2.42. The second-order valence-corrected chi connectivity index (χ2v) is 7.60. The normalized spacial score (nSPS) is 21.1. The van der Waals surface area contributed by atoms with E-state index >= 15 is 0 Å². The molecular weight excluding hydrogens is 272 g/mol. The van der Waals surface area contributed by atoms with E-state index in [-0.39, 0.29) is 0 Å². The highest BCUT2D eigenvalue weighted by atomic mass is 32.2. The zero-order valence-electron chi connectivity index (χ0n) is 12.5. The molecule has 0 unspecified atom stereocenters. The van der Waals surface area contributed by atoms with Gasteiger partial charge in [0.05, 0.1) is 4.90 Å². The van der Waals surface area contributed by atoms with Crippen molar-refractivity contribution >= 4 is 10.0 Å². The van der Waals surface area contributed by atoms with E-state index in [0.29, 0.717) is 23.9 Å². The molecule has 1 atom stereocenters. The Bertz CT molecular complexity index is 567. The predicted molar refractivity (Wildman–Crippen MR) is 81.3 cm³/mol. The summed E-state index contributed by atoms with van der Waals surface area (Å²) in [6.07, 6.45) is 2.04. The molecule has 0 aliphatic carbocycles. The molecule has 0 bridgehead atoms. The third-order valence-corrected chi connectivity index (χ3v) is 5.95. The summed E-state index contributed by atoms with van der Waals surface area (Å²) in [5.74, 6) is 0.411. The Morgan fingerprint density at radius 3 is 2.75 bits per heavy atom. The van der Waals surface area contributed by atoms with Crippen LogP contribution >= 0.6 is 0 Å². The van der Waals surface area contributed by atoms with Gasteiger partial charge in [-0.15, -0.1) is 0 Å². The highest BCUT2D eigenvalue weighted by molar-refractivity contribution is 7.89. The van der Waals surface area contributed by atoms with Crippen LogP contribution in [0.2, 0.25) is 0 Å². The van der Waals surface area contributed by atoms with Crippen molar-refractivity contribution in [2.75, 3.05) is 26.7 Å². The largest absolute Gasteiger partial charge is 0.319 e. The number of nitrogens with zero attached hydrogens (tertiary/aromatic N) is 1. The predicted octanol–water partition coefficient (Wildman–Crippen LogP) is 1.92. The van der Waals surface area contributed by atoms with Crippen LogP contribution in [0.5, 0.6) is 0 Å². The lowest BCUT2D eigenvalue weighted by Gasteiger charge is -2.32. The first-order valence-electron chi connectivity index (χ1n) is 7.17. The number of hydrogen-bond donors (Lipinski definition) is 1. The summed E-state index contributed by atoms with van der Waals surface area (Å²) in [6.45, 7) is 5.98. The van der Waals surface area contributed by atoms with E-state index in [0.717, 1.165) is 30.5 Å². The molecule has 1 aliphatic heterocycles. The number of piperidine rings is 1. The summed E-state index contributed by atoms with van der Waals surface area (Å²) in [4.78, 5) is 0.452. The van der Waals surface area contributed by atoms with Crippen LogP contribution in [0.3, 0.4) is 0 Å². The highest BCUT2D eigenvalue weighted by Crippen LogP contribution is 2.25. The fourth-order valence-electron chi connectivity index (χ4n) is 2.93. The minimum atomic E-state index is -3.36. The lowest BCUT2D eigenvalue weighted by atomic mass is 10.00. The zero-order chi connectivity index (χ0) is 14.8. The van der Waals surface area contributed by atoms with E-state index in [1.807, 2.05) is 33.0 Å². The summed E-state index contributed by atoms with van der Waals surface area (Å²) in [5.41, 5.74) is 1.92. The van der Waals surface area contributed by atoms with Crippen molar-refractivity contribution < 1.29 is 8.42 Å². The zero-order valence-corrected chi connectivity index (χ0v) is 13.3. The third kappa shape index (κ3) is 3.22. The van der Waals surface area contributed by atoms with Crippen LogP contribution in [0.15, 0.2) is 23.1 Å². The van der Waals surface area contributed by atoms with Gasteiger partial charge >= 0.3 is 0 Å². The second-order valence-electron chi connectivity index (χ2n) is 5.70.